The smallest absolute Gasteiger partial charge is 0.407 e. The highest BCUT2D eigenvalue weighted by Gasteiger charge is 2.62. The lowest BCUT2D eigenvalue weighted by atomic mass is 9.55. The minimum absolute atomic E-state index is 0.0725. The standard InChI is InChI=1S/C56H60N8O6/c1-31(2)48(61-53(67)69-3)51(65)63-22-6-9-46(63)49-57-30-45(60-49)36-14-18-41-35(25-36)12-11-34-24-32(13-17-40(34)41)33-15-20-43-44(27-33)59-50(58-43)47-10-7-23-64(47)52(66)56(62-54(68)70-4)28-37-26-38(16-19-42(37)56)55-21-5-8-39(55)29-55/h8,13-21,24,26,29-31,33,36-37,42,46-48H,6-7,9-12,22-23,25,27-28H2,1-4H3,(H,57,60)(H,58,59)(H,61,67)(H,62,68)/t33?,36?,37?,42?,46-,47-,48-,55?,56?/m0/s1. The third-order valence-electron chi connectivity index (χ3n) is 16.9. The number of hydrogen-bond donors (Lipinski definition) is 4. The molecule has 4 N–H and O–H groups in total. The molecule has 70 heavy (non-hydrogen) atoms. The largest absolute Gasteiger partial charge is 0.453 e. The number of ether oxygens (including phenoxy) is 2. The van der Waals surface area contributed by atoms with Crippen LogP contribution in [0.15, 0.2) is 102 Å². The van der Waals surface area contributed by atoms with E-state index in [4.69, 9.17) is 19.4 Å². The van der Waals surface area contributed by atoms with Crippen LogP contribution in [0, 0.1) is 23.2 Å². The zero-order chi connectivity index (χ0) is 48.1. The maximum Gasteiger partial charge on any atom is 0.407 e. The number of methoxy groups -OCH3 is 2. The molecule has 12 rings (SSSR count). The van der Waals surface area contributed by atoms with Crippen LogP contribution in [0.2, 0.25) is 0 Å². The summed E-state index contributed by atoms with van der Waals surface area (Å²) in [5.41, 5.74) is 14.3. The SMILES string of the molecule is COC(=O)N[C@H](C(=O)N1CCC[C@H]1c1ncc(C2C=CC3=C(CCc4cc(C5C=Cc6nc([C@@H]7CCCN7C(=O)C7(NC(=O)OC)CC8C=C(C9%10C=C=CC9=C%10)C=CC87)[nH]c6C5)ccc43)C2)[nH]1)C(C)C. The summed E-state index contributed by atoms with van der Waals surface area (Å²) < 4.78 is 9.89. The van der Waals surface area contributed by atoms with Gasteiger partial charge in [-0.15, -0.1) is 5.73 Å². The van der Waals surface area contributed by atoms with E-state index < -0.39 is 23.8 Å². The van der Waals surface area contributed by atoms with Crippen LogP contribution in [0.5, 0.6) is 0 Å². The Balaban J connectivity index is 0.705. The summed E-state index contributed by atoms with van der Waals surface area (Å²) in [6, 6.07) is 5.91. The maximum atomic E-state index is 14.8. The number of amides is 4. The molecule has 9 atom stereocenters. The number of hydrogen-bond acceptors (Lipinski definition) is 8. The first-order valence-electron chi connectivity index (χ1n) is 25.2. The van der Waals surface area contributed by atoms with Crippen LogP contribution in [-0.2, 0) is 31.9 Å². The molecule has 14 nitrogen and oxygen atoms in total. The van der Waals surface area contributed by atoms with Crippen LogP contribution in [0.4, 0.5) is 9.59 Å². The van der Waals surface area contributed by atoms with Gasteiger partial charge >= 0.3 is 12.2 Å². The maximum absolute atomic E-state index is 14.8. The number of aryl methyl sites for hydroxylation is 1. The van der Waals surface area contributed by atoms with Crippen molar-refractivity contribution in [3.05, 3.63) is 147 Å². The summed E-state index contributed by atoms with van der Waals surface area (Å²) in [6.07, 6.45) is 30.1. The van der Waals surface area contributed by atoms with E-state index in [0.29, 0.717) is 19.5 Å². The molecule has 4 heterocycles. The number of aromatic amines is 2. The zero-order valence-electron chi connectivity index (χ0n) is 40.2. The van der Waals surface area contributed by atoms with Gasteiger partial charge in [0.25, 0.3) is 0 Å². The Hall–Kier alpha value is -6.92. The Kier molecular flexibility index (Phi) is 10.7. The average molecular weight is 941 g/mol. The molecule has 1 aromatic carbocycles. The quantitative estimate of drug-likeness (QED) is 0.146. The predicted octanol–water partition coefficient (Wildman–Crippen LogP) is 8.52. The van der Waals surface area contributed by atoms with Crippen LogP contribution in [0.3, 0.4) is 0 Å². The molecule has 3 aromatic rings. The molecular weight excluding hydrogens is 881 g/mol. The van der Waals surface area contributed by atoms with E-state index >= 15 is 0 Å². The first-order chi connectivity index (χ1) is 34.0. The fraction of sp³-hybridized carbons (Fsp3) is 0.446. The van der Waals surface area contributed by atoms with E-state index in [9.17, 15) is 19.2 Å². The van der Waals surface area contributed by atoms with Crippen LogP contribution in [0.1, 0.15) is 128 Å². The molecule has 0 spiro atoms. The summed E-state index contributed by atoms with van der Waals surface area (Å²) >= 11 is 0. The fourth-order valence-corrected chi connectivity index (χ4v) is 13.0. The first-order valence-corrected chi connectivity index (χ1v) is 25.2. The number of likely N-dealkylation sites (tertiary alicyclic amines) is 2. The second-order valence-electron chi connectivity index (χ2n) is 21.1. The summed E-state index contributed by atoms with van der Waals surface area (Å²) in [5, 5.41) is 5.76. The van der Waals surface area contributed by atoms with Gasteiger partial charge in [-0.25, -0.2) is 19.6 Å². The van der Waals surface area contributed by atoms with Crippen LogP contribution in [-0.4, -0.2) is 92.6 Å². The number of H-pyrrole nitrogens is 2. The molecule has 9 aliphatic rings. The molecule has 2 aliphatic heterocycles. The molecule has 360 valence electrons. The van der Waals surface area contributed by atoms with E-state index in [1.165, 1.54) is 53.2 Å². The van der Waals surface area contributed by atoms with Crippen molar-refractivity contribution in [3.63, 3.8) is 0 Å². The number of nitrogens with one attached hydrogen (secondary N) is 4. The summed E-state index contributed by atoms with van der Waals surface area (Å²) in [7, 11) is 2.66. The number of aromatic nitrogens is 4. The lowest BCUT2D eigenvalue weighted by Gasteiger charge is -2.54. The van der Waals surface area contributed by atoms with Crippen molar-refractivity contribution >= 4 is 35.6 Å². The molecule has 2 saturated heterocycles. The third-order valence-corrected chi connectivity index (χ3v) is 16.9. The Bertz CT molecular complexity index is 2990. The Morgan fingerprint density at radius 3 is 2.44 bits per heavy atom. The number of carbonyl (C=O) groups is 4. The topological polar surface area (TPSA) is 175 Å². The molecule has 1 saturated carbocycles. The molecule has 0 radical (unpaired) electrons. The van der Waals surface area contributed by atoms with Gasteiger partial charge in [0.05, 0.1) is 37.4 Å². The van der Waals surface area contributed by atoms with Gasteiger partial charge < -0.3 is 39.9 Å². The number of benzene rings is 1. The van der Waals surface area contributed by atoms with Gasteiger partial charge in [0.15, 0.2) is 0 Å². The molecule has 4 amide bonds. The summed E-state index contributed by atoms with van der Waals surface area (Å²) in [4.78, 5) is 74.5. The van der Waals surface area contributed by atoms with E-state index in [1.54, 1.807) is 0 Å². The fourth-order valence-electron chi connectivity index (χ4n) is 13.0. The second kappa shape index (κ2) is 16.9. The zero-order valence-corrected chi connectivity index (χ0v) is 40.2. The number of nitrogens with zero attached hydrogens (tertiary/aromatic N) is 4. The molecular formula is C56H60N8O6. The molecule has 6 unspecified atom stereocenters. The van der Waals surface area contributed by atoms with Crippen molar-refractivity contribution < 1.29 is 28.7 Å². The highest BCUT2D eigenvalue weighted by atomic mass is 16.5. The number of alkyl carbamates (subject to hydrolysis) is 2. The summed E-state index contributed by atoms with van der Waals surface area (Å²) in [6.45, 7) is 5.07. The monoisotopic (exact) mass is 940 g/mol. The number of fused-ring (bicyclic) bond motifs is 5. The van der Waals surface area contributed by atoms with Crippen LogP contribution in [0.25, 0.3) is 11.6 Å². The Labute approximate surface area is 407 Å². The van der Waals surface area contributed by atoms with Gasteiger partial charge in [-0.3, -0.25) is 9.59 Å². The molecule has 3 fully saturated rings. The lowest BCUT2D eigenvalue weighted by Crippen LogP contribution is -2.71. The van der Waals surface area contributed by atoms with E-state index in [-0.39, 0.29) is 58.9 Å². The predicted molar refractivity (Wildman–Crippen MR) is 263 cm³/mol. The Morgan fingerprint density at radius 1 is 0.886 bits per heavy atom. The van der Waals surface area contributed by atoms with Crippen molar-refractivity contribution in [2.45, 2.75) is 107 Å². The van der Waals surface area contributed by atoms with Crippen molar-refractivity contribution in [3.8, 4) is 0 Å². The van der Waals surface area contributed by atoms with Gasteiger partial charge in [0.2, 0.25) is 11.8 Å². The number of allylic oxidation sites excluding steroid dienone is 11. The molecule has 7 aliphatic carbocycles. The molecule has 2 aromatic heterocycles. The highest BCUT2D eigenvalue weighted by molar-refractivity contribution is 5.93. The van der Waals surface area contributed by atoms with Gasteiger partial charge in [-0.05, 0) is 115 Å². The molecule has 14 heteroatoms. The lowest BCUT2D eigenvalue weighted by molar-refractivity contribution is -0.148. The highest BCUT2D eigenvalue weighted by Crippen LogP contribution is 2.59. The first kappa shape index (κ1) is 44.3. The van der Waals surface area contributed by atoms with E-state index in [1.807, 2.05) is 35.9 Å². The van der Waals surface area contributed by atoms with Crippen LogP contribution >= 0.6 is 0 Å². The third kappa shape index (κ3) is 7.19. The second-order valence-corrected chi connectivity index (χ2v) is 21.1. The van der Waals surface area contributed by atoms with Crippen molar-refractivity contribution in [2.24, 2.45) is 23.2 Å². The number of carbonyl (C=O) groups excluding carboxylic acids is 4. The number of imidazole rings is 2. The minimum Gasteiger partial charge on any atom is -0.453 e. The molecule has 0 bridgehead atoms. The Morgan fingerprint density at radius 2 is 1.69 bits per heavy atom. The van der Waals surface area contributed by atoms with Gasteiger partial charge in [0, 0.05) is 54.8 Å². The van der Waals surface area contributed by atoms with Gasteiger partial charge in [-0.1, -0.05) is 80.2 Å². The average Bonchev–Trinajstić information content (AvgIpc) is 4.11. The minimum atomic E-state index is -1.09. The normalized spacial score (nSPS) is 29.9. The van der Waals surface area contributed by atoms with E-state index in [0.717, 1.165) is 80.1 Å². The van der Waals surface area contributed by atoms with E-state index in [2.05, 4.69) is 99.2 Å². The van der Waals surface area contributed by atoms with Crippen molar-refractivity contribution in [2.75, 3.05) is 27.3 Å². The number of rotatable bonds is 10. The van der Waals surface area contributed by atoms with Gasteiger partial charge in [0.1, 0.15) is 23.2 Å². The van der Waals surface area contributed by atoms with Crippen molar-refractivity contribution in [1.29, 1.82) is 0 Å². The van der Waals surface area contributed by atoms with Crippen molar-refractivity contribution in [1.82, 2.24) is 40.4 Å². The summed E-state index contributed by atoms with van der Waals surface area (Å²) in [5.74, 6) is 1.62. The van der Waals surface area contributed by atoms with Gasteiger partial charge in [-0.2, -0.15) is 0 Å². The van der Waals surface area contributed by atoms with Crippen LogP contribution < -0.4 is 10.6 Å².